The van der Waals surface area contributed by atoms with Gasteiger partial charge < -0.3 is 9.64 Å². The number of halogens is 1. The highest BCUT2D eigenvalue weighted by atomic mass is 79.9. The van der Waals surface area contributed by atoms with Crippen LogP contribution >= 0.6 is 15.9 Å². The molecule has 2 rings (SSSR count). The second kappa shape index (κ2) is 5.67. The zero-order valence-corrected chi connectivity index (χ0v) is 11.9. The van der Waals surface area contributed by atoms with Crippen molar-refractivity contribution in [1.29, 1.82) is 0 Å². The van der Waals surface area contributed by atoms with Crippen LogP contribution in [0.3, 0.4) is 0 Å². The maximum Gasteiger partial charge on any atom is 0.221 e. The van der Waals surface area contributed by atoms with E-state index in [-0.39, 0.29) is 0 Å². The van der Waals surface area contributed by atoms with Gasteiger partial charge in [-0.25, -0.2) is 9.97 Å². The lowest BCUT2D eigenvalue weighted by Crippen LogP contribution is -2.35. The Morgan fingerprint density at radius 3 is 2.76 bits per heavy atom. The predicted molar refractivity (Wildman–Crippen MR) is 72.1 cm³/mol. The van der Waals surface area contributed by atoms with Gasteiger partial charge in [-0.1, -0.05) is 15.9 Å². The van der Waals surface area contributed by atoms with Gasteiger partial charge in [0.2, 0.25) is 5.88 Å². The first-order valence-corrected chi connectivity index (χ1v) is 6.97. The van der Waals surface area contributed by atoms with Crippen LogP contribution in [0.2, 0.25) is 0 Å². The molecule has 1 aliphatic rings. The summed E-state index contributed by atoms with van der Waals surface area (Å²) in [6, 6.07) is 0. The monoisotopic (exact) mass is 299 g/mol. The summed E-state index contributed by atoms with van der Waals surface area (Å²) >= 11 is 3.66. The van der Waals surface area contributed by atoms with Crippen LogP contribution in [0.25, 0.3) is 0 Å². The van der Waals surface area contributed by atoms with Crippen LogP contribution < -0.4 is 9.64 Å². The molecule has 1 saturated heterocycles. The summed E-state index contributed by atoms with van der Waals surface area (Å²) in [6.07, 6.45) is 3.91. The maximum atomic E-state index is 5.50. The molecule has 1 aromatic rings. The Morgan fingerprint density at radius 1 is 1.41 bits per heavy atom. The molecule has 4 nitrogen and oxygen atoms in total. The minimum Gasteiger partial charge on any atom is -0.478 e. The Balaban J connectivity index is 2.17. The Bertz CT molecular complexity index is 378. The molecule has 1 aliphatic heterocycles. The zero-order valence-electron chi connectivity index (χ0n) is 10.3. The molecule has 0 aromatic carbocycles. The number of nitrogens with zero attached hydrogens (tertiary/aromatic N) is 3. The molecule has 1 fully saturated rings. The fourth-order valence-corrected chi connectivity index (χ4v) is 2.50. The normalized spacial score (nSPS) is 17.2. The quantitative estimate of drug-likeness (QED) is 0.804. The summed E-state index contributed by atoms with van der Waals surface area (Å²) < 4.78 is 5.50. The van der Waals surface area contributed by atoms with Crippen molar-refractivity contribution in [2.75, 3.05) is 24.6 Å². The molecular formula is C12H18BrN3O. The van der Waals surface area contributed by atoms with Gasteiger partial charge in [0, 0.05) is 17.9 Å². The molecule has 5 heteroatoms. The van der Waals surface area contributed by atoms with Crippen molar-refractivity contribution < 1.29 is 4.74 Å². The van der Waals surface area contributed by atoms with Crippen molar-refractivity contribution in [3.8, 4) is 5.88 Å². The lowest BCUT2D eigenvalue weighted by Gasteiger charge is -2.31. The van der Waals surface area contributed by atoms with E-state index in [2.05, 4.69) is 30.8 Å². The van der Waals surface area contributed by atoms with Crippen LogP contribution in [0.15, 0.2) is 6.33 Å². The number of alkyl halides is 1. The van der Waals surface area contributed by atoms with Crippen molar-refractivity contribution >= 4 is 21.7 Å². The molecule has 17 heavy (non-hydrogen) atoms. The van der Waals surface area contributed by atoms with Gasteiger partial charge in [0.05, 0.1) is 12.2 Å². The van der Waals surface area contributed by atoms with E-state index in [1.54, 1.807) is 6.33 Å². The fourth-order valence-electron chi connectivity index (χ4n) is 2.09. The van der Waals surface area contributed by atoms with Gasteiger partial charge in [0.1, 0.15) is 12.1 Å². The summed E-state index contributed by atoms with van der Waals surface area (Å²) in [4.78, 5) is 11.5. The van der Waals surface area contributed by atoms with Gasteiger partial charge in [0.15, 0.2) is 0 Å². The molecule has 0 spiro atoms. The van der Waals surface area contributed by atoms with Crippen LogP contribution in [-0.4, -0.2) is 34.5 Å². The van der Waals surface area contributed by atoms with E-state index >= 15 is 0 Å². The van der Waals surface area contributed by atoms with Gasteiger partial charge in [-0.05, 0) is 26.7 Å². The third-order valence-electron chi connectivity index (χ3n) is 3.02. The molecule has 0 amide bonds. The summed E-state index contributed by atoms with van der Waals surface area (Å²) in [6.45, 7) is 6.72. The number of ether oxygens (including phenoxy) is 1. The third-order valence-corrected chi connectivity index (χ3v) is 3.93. The predicted octanol–water partition coefficient (Wildman–Crippen LogP) is 2.55. The van der Waals surface area contributed by atoms with Crippen molar-refractivity contribution in [2.45, 2.75) is 31.5 Å². The molecule has 0 N–H and O–H groups in total. The van der Waals surface area contributed by atoms with Crippen LogP contribution in [0.1, 0.15) is 25.3 Å². The molecule has 0 bridgehead atoms. The number of piperidine rings is 1. The summed E-state index contributed by atoms with van der Waals surface area (Å²) in [7, 11) is 0. The number of hydrogen-bond acceptors (Lipinski definition) is 4. The average molecular weight is 300 g/mol. The Hall–Kier alpha value is -0.840. The van der Waals surface area contributed by atoms with Crippen molar-refractivity contribution in [1.82, 2.24) is 9.97 Å². The third kappa shape index (κ3) is 2.89. The standard InChI is InChI=1S/C12H18BrN3O/c1-3-17-12-9(2)11(14-8-15-12)16-6-4-10(13)5-7-16/h8,10H,3-7H2,1-2H3. The number of aromatic nitrogens is 2. The fraction of sp³-hybridized carbons (Fsp3) is 0.667. The van der Waals surface area contributed by atoms with Gasteiger partial charge in [-0.2, -0.15) is 0 Å². The summed E-state index contributed by atoms with van der Waals surface area (Å²) in [5, 5.41) is 0. The first-order chi connectivity index (χ1) is 8.22. The van der Waals surface area contributed by atoms with E-state index in [4.69, 9.17) is 4.74 Å². The zero-order chi connectivity index (χ0) is 12.3. The average Bonchev–Trinajstić information content (AvgIpc) is 2.34. The first kappa shape index (κ1) is 12.6. The van der Waals surface area contributed by atoms with E-state index in [0.29, 0.717) is 17.3 Å². The van der Waals surface area contributed by atoms with Crippen molar-refractivity contribution in [2.24, 2.45) is 0 Å². The number of hydrogen-bond donors (Lipinski definition) is 0. The lowest BCUT2D eigenvalue weighted by atomic mass is 10.1. The van der Waals surface area contributed by atoms with Gasteiger partial charge in [-0.3, -0.25) is 0 Å². The van der Waals surface area contributed by atoms with E-state index in [1.165, 1.54) is 0 Å². The highest BCUT2D eigenvalue weighted by Gasteiger charge is 2.20. The Kier molecular flexibility index (Phi) is 4.20. The topological polar surface area (TPSA) is 38.3 Å². The SMILES string of the molecule is CCOc1ncnc(N2CCC(Br)CC2)c1C. The molecule has 0 saturated carbocycles. The molecule has 1 aromatic heterocycles. The number of anilines is 1. The number of rotatable bonds is 3. The highest BCUT2D eigenvalue weighted by Crippen LogP contribution is 2.27. The minimum absolute atomic E-state index is 0.640. The maximum absolute atomic E-state index is 5.50. The first-order valence-electron chi connectivity index (χ1n) is 6.05. The van der Waals surface area contributed by atoms with Crippen LogP contribution in [0.4, 0.5) is 5.82 Å². The lowest BCUT2D eigenvalue weighted by molar-refractivity contribution is 0.323. The van der Waals surface area contributed by atoms with Crippen LogP contribution in [0.5, 0.6) is 5.88 Å². The molecule has 2 heterocycles. The van der Waals surface area contributed by atoms with Gasteiger partial charge in [-0.15, -0.1) is 0 Å². The summed E-state index contributed by atoms with van der Waals surface area (Å²) in [5.41, 5.74) is 1.04. The second-order valence-corrected chi connectivity index (χ2v) is 5.52. The largest absolute Gasteiger partial charge is 0.478 e. The molecule has 0 unspecified atom stereocenters. The van der Waals surface area contributed by atoms with E-state index in [0.717, 1.165) is 37.3 Å². The smallest absolute Gasteiger partial charge is 0.221 e. The second-order valence-electron chi connectivity index (χ2n) is 4.22. The van der Waals surface area contributed by atoms with Crippen molar-refractivity contribution in [3.63, 3.8) is 0 Å². The molecule has 94 valence electrons. The Morgan fingerprint density at radius 2 is 2.12 bits per heavy atom. The molecule has 0 radical (unpaired) electrons. The van der Waals surface area contributed by atoms with E-state index in [9.17, 15) is 0 Å². The molecular weight excluding hydrogens is 282 g/mol. The van der Waals surface area contributed by atoms with E-state index < -0.39 is 0 Å². The highest BCUT2D eigenvalue weighted by molar-refractivity contribution is 9.09. The van der Waals surface area contributed by atoms with Gasteiger partial charge >= 0.3 is 0 Å². The van der Waals surface area contributed by atoms with E-state index in [1.807, 2.05) is 13.8 Å². The summed E-state index contributed by atoms with van der Waals surface area (Å²) in [5.74, 6) is 1.72. The molecule has 0 aliphatic carbocycles. The van der Waals surface area contributed by atoms with Crippen molar-refractivity contribution in [3.05, 3.63) is 11.9 Å². The molecule has 0 atom stereocenters. The van der Waals surface area contributed by atoms with Crippen LogP contribution in [0, 0.1) is 6.92 Å². The Labute approximate surface area is 111 Å². The van der Waals surface area contributed by atoms with Gasteiger partial charge in [0.25, 0.3) is 0 Å². The van der Waals surface area contributed by atoms with Crippen LogP contribution in [-0.2, 0) is 0 Å². The minimum atomic E-state index is 0.640.